The third-order valence-electron chi connectivity index (χ3n) is 4.81. The number of benzene rings is 1. The van der Waals surface area contributed by atoms with Crippen molar-refractivity contribution in [3.63, 3.8) is 0 Å². The fourth-order valence-corrected chi connectivity index (χ4v) is 3.05. The Labute approximate surface area is 168 Å². The highest BCUT2D eigenvalue weighted by atomic mass is 16.2. The van der Waals surface area contributed by atoms with Crippen LogP contribution in [0.3, 0.4) is 0 Å². The van der Waals surface area contributed by atoms with E-state index in [1.165, 1.54) is 0 Å². The zero-order valence-corrected chi connectivity index (χ0v) is 16.6. The number of carbonyl (C=O) groups is 2. The van der Waals surface area contributed by atoms with Crippen LogP contribution in [0.15, 0.2) is 42.5 Å². The summed E-state index contributed by atoms with van der Waals surface area (Å²) in [7, 11) is 3.93. The van der Waals surface area contributed by atoms with Crippen LogP contribution in [0.4, 0.5) is 5.95 Å². The van der Waals surface area contributed by atoms with E-state index in [4.69, 9.17) is 0 Å². The summed E-state index contributed by atoms with van der Waals surface area (Å²) >= 11 is 0. The molecular weight excluding hydrogens is 368 g/mol. The first kappa shape index (κ1) is 19.1. The number of carbonyl (C=O) groups excluding carboxylic acids is 2. The van der Waals surface area contributed by atoms with Gasteiger partial charge in [0.25, 0.3) is 5.91 Å². The van der Waals surface area contributed by atoms with E-state index < -0.39 is 0 Å². The average Bonchev–Trinajstić information content (AvgIpc) is 3.47. The quantitative estimate of drug-likeness (QED) is 0.642. The molecular formula is C21H24N6O2. The van der Waals surface area contributed by atoms with Gasteiger partial charge in [0, 0.05) is 30.1 Å². The summed E-state index contributed by atoms with van der Waals surface area (Å²) in [6.45, 7) is 1.36. The van der Waals surface area contributed by atoms with E-state index >= 15 is 0 Å². The molecule has 1 aliphatic rings. The van der Waals surface area contributed by atoms with Crippen molar-refractivity contribution in [3.8, 4) is 11.3 Å². The first-order valence-electron chi connectivity index (χ1n) is 9.71. The third-order valence-corrected chi connectivity index (χ3v) is 4.81. The number of hydrogen-bond acceptors (Lipinski definition) is 5. The molecule has 150 valence electrons. The van der Waals surface area contributed by atoms with Crippen LogP contribution in [0.5, 0.6) is 0 Å². The Morgan fingerprint density at radius 1 is 1.17 bits per heavy atom. The summed E-state index contributed by atoms with van der Waals surface area (Å²) in [5.74, 6) is 0.242. The number of hydrogen-bond donors (Lipinski definition) is 2. The predicted octanol–water partition coefficient (Wildman–Crippen LogP) is 2.04. The zero-order valence-electron chi connectivity index (χ0n) is 16.6. The molecule has 2 aromatic heterocycles. The first-order chi connectivity index (χ1) is 14.0. The molecule has 0 spiro atoms. The SMILES string of the molecule is CN(C)CCNC(=O)c1cccc(-c2cccc3nc(NC(=O)C4CC4)nn23)c1. The molecule has 4 rings (SSSR count). The molecule has 1 fully saturated rings. The molecule has 0 aliphatic heterocycles. The summed E-state index contributed by atoms with van der Waals surface area (Å²) in [6, 6.07) is 13.0. The van der Waals surface area contributed by atoms with Crippen molar-refractivity contribution < 1.29 is 9.59 Å². The van der Waals surface area contributed by atoms with Crippen LogP contribution in [0.25, 0.3) is 16.9 Å². The number of pyridine rings is 1. The van der Waals surface area contributed by atoms with E-state index in [1.54, 1.807) is 10.6 Å². The summed E-state index contributed by atoms with van der Waals surface area (Å²) in [6.07, 6.45) is 1.85. The normalized spacial score (nSPS) is 13.6. The fourth-order valence-electron chi connectivity index (χ4n) is 3.05. The minimum Gasteiger partial charge on any atom is -0.351 e. The van der Waals surface area contributed by atoms with Gasteiger partial charge in [0.05, 0.1) is 5.69 Å². The molecule has 0 atom stereocenters. The van der Waals surface area contributed by atoms with E-state index in [0.717, 1.165) is 30.6 Å². The van der Waals surface area contributed by atoms with Crippen molar-refractivity contribution in [1.82, 2.24) is 24.8 Å². The zero-order chi connectivity index (χ0) is 20.4. The molecule has 1 aromatic carbocycles. The number of rotatable bonds is 7. The summed E-state index contributed by atoms with van der Waals surface area (Å²) in [4.78, 5) is 30.9. The largest absolute Gasteiger partial charge is 0.351 e. The van der Waals surface area contributed by atoms with Gasteiger partial charge in [-0.3, -0.25) is 14.9 Å². The number of nitrogens with one attached hydrogen (secondary N) is 2. The Bertz CT molecular complexity index is 1050. The monoisotopic (exact) mass is 392 g/mol. The number of aromatic nitrogens is 3. The van der Waals surface area contributed by atoms with Crippen LogP contribution in [-0.2, 0) is 4.79 Å². The van der Waals surface area contributed by atoms with Crippen LogP contribution in [0.1, 0.15) is 23.2 Å². The third kappa shape index (κ3) is 4.43. The second-order valence-electron chi connectivity index (χ2n) is 7.52. The molecule has 0 unspecified atom stereocenters. The Kier molecular flexibility index (Phi) is 5.26. The number of likely N-dealkylation sites (N-methyl/N-ethyl adjacent to an activating group) is 1. The lowest BCUT2D eigenvalue weighted by Gasteiger charge is -2.11. The first-order valence-corrected chi connectivity index (χ1v) is 9.71. The Morgan fingerprint density at radius 2 is 1.97 bits per heavy atom. The summed E-state index contributed by atoms with van der Waals surface area (Å²) in [5.41, 5.74) is 2.86. The Hall–Kier alpha value is -3.26. The maximum Gasteiger partial charge on any atom is 0.251 e. The van der Waals surface area contributed by atoms with E-state index in [0.29, 0.717) is 23.7 Å². The topological polar surface area (TPSA) is 91.6 Å². The lowest BCUT2D eigenvalue weighted by Crippen LogP contribution is -2.31. The van der Waals surface area contributed by atoms with Crippen LogP contribution < -0.4 is 10.6 Å². The predicted molar refractivity (Wildman–Crippen MR) is 111 cm³/mol. The van der Waals surface area contributed by atoms with E-state index in [9.17, 15) is 9.59 Å². The molecule has 1 aliphatic carbocycles. The molecule has 0 bridgehead atoms. The van der Waals surface area contributed by atoms with Crippen LogP contribution in [0, 0.1) is 5.92 Å². The van der Waals surface area contributed by atoms with Gasteiger partial charge in [-0.1, -0.05) is 18.2 Å². The van der Waals surface area contributed by atoms with Gasteiger partial charge >= 0.3 is 0 Å². The number of anilines is 1. The summed E-state index contributed by atoms with van der Waals surface area (Å²) in [5, 5.41) is 10.2. The highest BCUT2D eigenvalue weighted by molar-refractivity contribution is 5.95. The lowest BCUT2D eigenvalue weighted by molar-refractivity contribution is -0.117. The van der Waals surface area contributed by atoms with Crippen molar-refractivity contribution in [2.75, 3.05) is 32.5 Å². The molecule has 8 heteroatoms. The van der Waals surface area contributed by atoms with Gasteiger partial charge in [0.1, 0.15) is 0 Å². The Morgan fingerprint density at radius 3 is 2.72 bits per heavy atom. The lowest BCUT2D eigenvalue weighted by atomic mass is 10.1. The highest BCUT2D eigenvalue weighted by Gasteiger charge is 2.30. The highest BCUT2D eigenvalue weighted by Crippen LogP contribution is 2.30. The van der Waals surface area contributed by atoms with Crippen LogP contribution in [-0.4, -0.2) is 58.5 Å². The van der Waals surface area contributed by atoms with Gasteiger partial charge in [-0.05, 0) is 51.2 Å². The minimum absolute atomic E-state index is 0.0288. The molecule has 0 radical (unpaired) electrons. The van der Waals surface area contributed by atoms with Gasteiger partial charge in [-0.2, -0.15) is 4.98 Å². The number of fused-ring (bicyclic) bond motifs is 1. The van der Waals surface area contributed by atoms with Gasteiger partial charge in [0.15, 0.2) is 5.65 Å². The molecule has 0 saturated heterocycles. The van der Waals surface area contributed by atoms with Crippen LogP contribution in [0.2, 0.25) is 0 Å². The molecule has 2 N–H and O–H groups in total. The van der Waals surface area contributed by atoms with Gasteiger partial charge in [-0.15, -0.1) is 5.10 Å². The second-order valence-corrected chi connectivity index (χ2v) is 7.52. The molecule has 3 aromatic rings. The minimum atomic E-state index is -0.114. The van der Waals surface area contributed by atoms with Crippen molar-refractivity contribution >= 4 is 23.4 Å². The van der Waals surface area contributed by atoms with Gasteiger partial charge < -0.3 is 10.2 Å². The van der Waals surface area contributed by atoms with Gasteiger partial charge in [-0.25, -0.2) is 4.52 Å². The standard InChI is InChI=1S/C21H24N6O2/c1-26(2)12-11-22-19(28)16-6-3-5-15(13-16)17-7-4-8-18-23-21(25-27(17)18)24-20(29)14-9-10-14/h3-8,13-14H,9-12H2,1-2H3,(H,22,28)(H,24,25,29). The van der Waals surface area contributed by atoms with E-state index in [-0.39, 0.29) is 17.7 Å². The number of nitrogens with zero attached hydrogens (tertiary/aromatic N) is 4. The maximum atomic E-state index is 12.5. The smallest absolute Gasteiger partial charge is 0.251 e. The number of amides is 2. The van der Waals surface area contributed by atoms with Crippen molar-refractivity contribution in [2.45, 2.75) is 12.8 Å². The molecule has 29 heavy (non-hydrogen) atoms. The van der Waals surface area contributed by atoms with Crippen molar-refractivity contribution in [2.24, 2.45) is 5.92 Å². The molecule has 2 heterocycles. The van der Waals surface area contributed by atoms with E-state index in [2.05, 4.69) is 20.7 Å². The molecule has 8 nitrogen and oxygen atoms in total. The molecule has 1 saturated carbocycles. The van der Waals surface area contributed by atoms with Crippen molar-refractivity contribution in [1.29, 1.82) is 0 Å². The Balaban J connectivity index is 1.58. The maximum absolute atomic E-state index is 12.5. The van der Waals surface area contributed by atoms with Crippen LogP contribution >= 0.6 is 0 Å². The van der Waals surface area contributed by atoms with Gasteiger partial charge in [0.2, 0.25) is 11.9 Å². The van der Waals surface area contributed by atoms with E-state index in [1.807, 2.05) is 55.4 Å². The fraction of sp³-hybridized carbons (Fsp3) is 0.333. The average molecular weight is 392 g/mol. The second kappa shape index (κ2) is 8.00. The molecule has 2 amide bonds. The van der Waals surface area contributed by atoms with Crippen molar-refractivity contribution in [3.05, 3.63) is 48.0 Å². The summed E-state index contributed by atoms with van der Waals surface area (Å²) < 4.78 is 1.69.